The van der Waals surface area contributed by atoms with E-state index in [0.29, 0.717) is 11.0 Å². The topological polar surface area (TPSA) is 150 Å². The molecule has 0 radical (unpaired) electrons. The maximum absolute atomic E-state index is 10.5. The Bertz CT molecular complexity index is 766. The number of hydrogen-bond acceptors (Lipinski definition) is 8. The zero-order valence-corrected chi connectivity index (χ0v) is 11.7. The molecule has 2 aromatic heterocycles. The average Bonchev–Trinajstić information content (AvgIpc) is 2.97. The highest BCUT2D eigenvalue weighted by atomic mass is 16.6. The van der Waals surface area contributed by atoms with Crippen molar-refractivity contribution in [2.45, 2.75) is 31.0 Å². The normalized spacial score (nSPS) is 31.5. The van der Waals surface area contributed by atoms with Crippen molar-refractivity contribution in [1.82, 2.24) is 14.5 Å². The lowest BCUT2D eigenvalue weighted by Crippen LogP contribution is -2.44. The molecule has 3 rings (SSSR count). The van der Waals surface area contributed by atoms with Gasteiger partial charge in [-0.15, -0.1) is 0 Å². The second-order valence-corrected chi connectivity index (χ2v) is 5.40. The van der Waals surface area contributed by atoms with Crippen LogP contribution in [0.1, 0.15) is 18.7 Å². The number of aliphatic hydroxyl groups is 3. The lowest BCUT2D eigenvalue weighted by molar-refractivity contribution is -0.0948. The Kier molecular flexibility index (Phi) is 3.26. The first-order valence-corrected chi connectivity index (χ1v) is 6.59. The highest BCUT2D eigenvalue weighted by Crippen LogP contribution is 2.40. The van der Waals surface area contributed by atoms with E-state index in [2.05, 4.69) is 9.97 Å². The summed E-state index contributed by atoms with van der Waals surface area (Å²) < 4.78 is 6.95. The molecule has 3 heterocycles. The molecule has 4 atom stereocenters. The first-order valence-electron chi connectivity index (χ1n) is 6.59. The van der Waals surface area contributed by atoms with E-state index in [1.165, 1.54) is 24.0 Å². The summed E-state index contributed by atoms with van der Waals surface area (Å²) in [6.45, 7) is 0.940. The molecule has 1 aliphatic rings. The fourth-order valence-corrected chi connectivity index (χ4v) is 2.76. The summed E-state index contributed by atoms with van der Waals surface area (Å²) >= 11 is 0. The van der Waals surface area contributed by atoms with Crippen molar-refractivity contribution < 1.29 is 20.1 Å². The molecule has 0 saturated carbocycles. The van der Waals surface area contributed by atoms with Crippen LogP contribution in [0.15, 0.2) is 12.5 Å². The zero-order valence-electron chi connectivity index (χ0n) is 11.7. The van der Waals surface area contributed by atoms with Crippen LogP contribution in [0, 0.1) is 11.3 Å². The molecule has 0 unspecified atom stereocenters. The lowest BCUT2D eigenvalue weighted by atomic mass is 9.96. The molecule has 1 saturated heterocycles. The summed E-state index contributed by atoms with van der Waals surface area (Å²) in [6, 6.07) is 1.99. The van der Waals surface area contributed by atoms with E-state index in [4.69, 9.17) is 10.5 Å². The number of nitrogens with zero attached hydrogens (tertiary/aromatic N) is 4. The van der Waals surface area contributed by atoms with Crippen LogP contribution < -0.4 is 5.73 Å². The number of aromatic nitrogens is 3. The molecule has 1 aliphatic heterocycles. The summed E-state index contributed by atoms with van der Waals surface area (Å²) in [5.41, 5.74) is 4.65. The Morgan fingerprint density at radius 3 is 2.86 bits per heavy atom. The molecule has 2 aromatic rings. The van der Waals surface area contributed by atoms with Gasteiger partial charge in [-0.3, -0.25) is 0 Å². The quantitative estimate of drug-likeness (QED) is 0.545. The van der Waals surface area contributed by atoms with Gasteiger partial charge in [0, 0.05) is 6.20 Å². The molecule has 0 spiro atoms. The van der Waals surface area contributed by atoms with Crippen molar-refractivity contribution in [3.63, 3.8) is 0 Å². The molecule has 0 amide bonds. The first-order chi connectivity index (χ1) is 10.4. The van der Waals surface area contributed by atoms with Crippen LogP contribution in [0.2, 0.25) is 0 Å². The molecule has 0 aromatic carbocycles. The van der Waals surface area contributed by atoms with Gasteiger partial charge < -0.3 is 30.4 Å². The third-order valence-electron chi connectivity index (χ3n) is 3.95. The number of nitrogens with two attached hydrogens (primary N) is 1. The van der Waals surface area contributed by atoms with Gasteiger partial charge >= 0.3 is 0 Å². The SMILES string of the molecule is C[C@]1(O)[C@H](O)[C@@H](CO)O[C@H]1n1cc(C#N)c2c(N)ncnc21. The molecular formula is C13H15N5O4. The van der Waals surface area contributed by atoms with Crippen molar-refractivity contribution in [2.75, 3.05) is 12.3 Å². The lowest BCUT2D eigenvalue weighted by Gasteiger charge is -2.27. The Labute approximate surface area is 125 Å². The third kappa shape index (κ3) is 1.86. The molecule has 9 heteroatoms. The van der Waals surface area contributed by atoms with Crippen LogP contribution in [0.25, 0.3) is 11.0 Å². The van der Waals surface area contributed by atoms with Crippen LogP contribution in [-0.2, 0) is 4.74 Å². The monoisotopic (exact) mass is 305 g/mol. The third-order valence-corrected chi connectivity index (χ3v) is 3.95. The van der Waals surface area contributed by atoms with Gasteiger partial charge in [-0.25, -0.2) is 9.97 Å². The number of aliphatic hydroxyl groups excluding tert-OH is 2. The maximum Gasteiger partial charge on any atom is 0.167 e. The van der Waals surface area contributed by atoms with Gasteiger partial charge in [-0.1, -0.05) is 0 Å². The molecule has 5 N–H and O–H groups in total. The standard InChI is InChI=1S/C13H15N5O4/c1-13(21)9(20)7(4-19)22-12(13)18-3-6(2-14)8-10(15)16-5-17-11(8)18/h3,5,7,9,12,19-21H,4H2,1H3,(H2,15,16,17)/t7-,9-,12-,13+/m1/s1. The Morgan fingerprint density at radius 2 is 2.27 bits per heavy atom. The fourth-order valence-electron chi connectivity index (χ4n) is 2.76. The van der Waals surface area contributed by atoms with Crippen molar-refractivity contribution in [2.24, 2.45) is 0 Å². The predicted molar refractivity (Wildman–Crippen MR) is 74.3 cm³/mol. The molecule has 9 nitrogen and oxygen atoms in total. The minimum Gasteiger partial charge on any atom is -0.394 e. The molecule has 1 fully saturated rings. The van der Waals surface area contributed by atoms with E-state index in [1.807, 2.05) is 6.07 Å². The first kappa shape index (κ1) is 14.7. The minimum atomic E-state index is -1.67. The zero-order chi connectivity index (χ0) is 16.1. The molecule has 0 bridgehead atoms. The van der Waals surface area contributed by atoms with Gasteiger partial charge in [0.1, 0.15) is 41.7 Å². The fraction of sp³-hybridized carbons (Fsp3) is 0.462. The number of anilines is 1. The number of fused-ring (bicyclic) bond motifs is 1. The van der Waals surface area contributed by atoms with Crippen molar-refractivity contribution in [3.8, 4) is 6.07 Å². The molecule has 22 heavy (non-hydrogen) atoms. The summed E-state index contributed by atoms with van der Waals surface area (Å²) in [5.74, 6) is 0.136. The minimum absolute atomic E-state index is 0.136. The van der Waals surface area contributed by atoms with Gasteiger partial charge in [-0.2, -0.15) is 5.26 Å². The van der Waals surface area contributed by atoms with Crippen molar-refractivity contribution in [1.29, 1.82) is 5.26 Å². The highest BCUT2D eigenvalue weighted by molar-refractivity contribution is 5.92. The van der Waals surface area contributed by atoms with Crippen LogP contribution >= 0.6 is 0 Å². The number of nitriles is 1. The maximum atomic E-state index is 10.5. The van der Waals surface area contributed by atoms with Crippen LogP contribution in [0.4, 0.5) is 5.82 Å². The van der Waals surface area contributed by atoms with E-state index < -0.39 is 30.6 Å². The average molecular weight is 305 g/mol. The number of hydrogen-bond donors (Lipinski definition) is 4. The molecule has 0 aliphatic carbocycles. The van der Waals surface area contributed by atoms with Gasteiger partial charge in [-0.05, 0) is 6.92 Å². The van der Waals surface area contributed by atoms with E-state index in [1.54, 1.807) is 0 Å². The second-order valence-electron chi connectivity index (χ2n) is 5.40. The van der Waals surface area contributed by atoms with Gasteiger partial charge in [0.2, 0.25) is 0 Å². The van der Waals surface area contributed by atoms with Gasteiger partial charge in [0.05, 0.1) is 17.6 Å². The Morgan fingerprint density at radius 1 is 1.55 bits per heavy atom. The summed E-state index contributed by atoms with van der Waals surface area (Å²) in [4.78, 5) is 7.93. The van der Waals surface area contributed by atoms with Crippen molar-refractivity contribution in [3.05, 3.63) is 18.1 Å². The van der Waals surface area contributed by atoms with Crippen LogP contribution in [0.5, 0.6) is 0 Å². The smallest absolute Gasteiger partial charge is 0.167 e. The van der Waals surface area contributed by atoms with Crippen LogP contribution in [0.3, 0.4) is 0 Å². The van der Waals surface area contributed by atoms with E-state index in [0.717, 1.165) is 0 Å². The molecular weight excluding hydrogens is 290 g/mol. The van der Waals surface area contributed by atoms with E-state index in [9.17, 15) is 20.6 Å². The van der Waals surface area contributed by atoms with Crippen molar-refractivity contribution >= 4 is 16.9 Å². The Hall–Kier alpha value is -2.25. The van der Waals surface area contributed by atoms with Crippen LogP contribution in [-0.4, -0.2) is 54.3 Å². The summed E-state index contributed by atoms with van der Waals surface area (Å²) in [5, 5.41) is 39.4. The highest BCUT2D eigenvalue weighted by Gasteiger charge is 2.53. The largest absolute Gasteiger partial charge is 0.394 e. The molecule has 116 valence electrons. The van der Waals surface area contributed by atoms with Gasteiger partial charge in [0.15, 0.2) is 6.23 Å². The summed E-state index contributed by atoms with van der Waals surface area (Å²) in [7, 11) is 0. The second kappa shape index (κ2) is 4.89. The van der Waals surface area contributed by atoms with Gasteiger partial charge in [0.25, 0.3) is 0 Å². The number of rotatable bonds is 2. The van der Waals surface area contributed by atoms with E-state index >= 15 is 0 Å². The van der Waals surface area contributed by atoms with E-state index in [-0.39, 0.29) is 11.4 Å². The Balaban J connectivity index is 2.20. The number of nitrogen functional groups attached to an aromatic ring is 1. The summed E-state index contributed by atoms with van der Waals surface area (Å²) in [6.07, 6.45) is -0.592. The predicted octanol–water partition coefficient (Wildman–Crippen LogP) is -1.11. The number of ether oxygens (including phenoxy) is 1.